The largest absolute Gasteiger partial charge is 0.351 e. The molecule has 0 unspecified atom stereocenters. The van der Waals surface area contributed by atoms with Gasteiger partial charge in [0.1, 0.15) is 0 Å². The van der Waals surface area contributed by atoms with Gasteiger partial charge in [0.15, 0.2) is 0 Å². The molecule has 0 spiro atoms. The number of nitrogens with one attached hydrogen (secondary N) is 1. The highest BCUT2D eigenvalue weighted by Gasteiger charge is 2.14. The average Bonchev–Trinajstić information content (AvgIpc) is 2.41. The van der Waals surface area contributed by atoms with Gasteiger partial charge in [0.05, 0.1) is 10.6 Å². The number of likely N-dealkylation sites (N-methyl/N-ethyl adjacent to an activating group) is 1. The minimum atomic E-state index is -0.0975. The lowest BCUT2D eigenvalue weighted by Crippen LogP contribution is -2.46. The SMILES string of the molecule is CN1CCN(CCNC(=O)c2ccccc2Cl)CC1. The Morgan fingerprint density at radius 1 is 1.26 bits per heavy atom. The molecule has 0 atom stereocenters. The van der Waals surface area contributed by atoms with Gasteiger partial charge < -0.3 is 10.2 Å². The van der Waals surface area contributed by atoms with E-state index in [1.54, 1.807) is 12.1 Å². The Morgan fingerprint density at radius 3 is 2.63 bits per heavy atom. The fourth-order valence-electron chi connectivity index (χ4n) is 2.14. The first-order valence-electron chi connectivity index (χ1n) is 6.60. The van der Waals surface area contributed by atoms with Gasteiger partial charge in [-0.05, 0) is 19.2 Å². The Balaban J connectivity index is 1.74. The maximum atomic E-state index is 11.9. The Labute approximate surface area is 119 Å². The zero-order valence-corrected chi connectivity index (χ0v) is 12.0. The summed E-state index contributed by atoms with van der Waals surface area (Å²) in [5.74, 6) is -0.0975. The summed E-state index contributed by atoms with van der Waals surface area (Å²) >= 11 is 5.99. The Morgan fingerprint density at radius 2 is 1.95 bits per heavy atom. The summed E-state index contributed by atoms with van der Waals surface area (Å²) in [7, 11) is 2.14. The highest BCUT2D eigenvalue weighted by molar-refractivity contribution is 6.33. The highest BCUT2D eigenvalue weighted by Crippen LogP contribution is 2.14. The highest BCUT2D eigenvalue weighted by atomic mass is 35.5. The van der Waals surface area contributed by atoms with Crippen LogP contribution in [0.15, 0.2) is 24.3 Å². The molecule has 0 saturated carbocycles. The zero-order valence-electron chi connectivity index (χ0n) is 11.2. The van der Waals surface area contributed by atoms with Crippen LogP contribution in [0, 0.1) is 0 Å². The third-order valence-electron chi connectivity index (χ3n) is 3.43. The van der Waals surface area contributed by atoms with Crippen molar-refractivity contribution in [3.63, 3.8) is 0 Å². The Bertz CT molecular complexity index is 430. The predicted molar refractivity (Wildman–Crippen MR) is 77.7 cm³/mol. The van der Waals surface area contributed by atoms with E-state index in [0.29, 0.717) is 17.1 Å². The lowest BCUT2D eigenvalue weighted by Gasteiger charge is -2.32. The van der Waals surface area contributed by atoms with Gasteiger partial charge >= 0.3 is 0 Å². The van der Waals surface area contributed by atoms with Gasteiger partial charge in [-0.3, -0.25) is 9.69 Å². The smallest absolute Gasteiger partial charge is 0.252 e. The number of halogens is 1. The molecule has 0 aromatic heterocycles. The molecule has 0 bridgehead atoms. The molecule has 1 aromatic carbocycles. The first-order chi connectivity index (χ1) is 9.16. The Hall–Kier alpha value is -1.10. The summed E-state index contributed by atoms with van der Waals surface area (Å²) in [5, 5.41) is 3.42. The van der Waals surface area contributed by atoms with Gasteiger partial charge in [0, 0.05) is 39.3 Å². The topological polar surface area (TPSA) is 35.6 Å². The third-order valence-corrected chi connectivity index (χ3v) is 3.76. The number of carbonyl (C=O) groups excluding carboxylic acids is 1. The van der Waals surface area contributed by atoms with Crippen LogP contribution in [0.3, 0.4) is 0 Å². The lowest BCUT2D eigenvalue weighted by molar-refractivity contribution is 0.0941. The van der Waals surface area contributed by atoms with Gasteiger partial charge in [0.25, 0.3) is 5.91 Å². The monoisotopic (exact) mass is 281 g/mol. The van der Waals surface area contributed by atoms with Gasteiger partial charge in [-0.1, -0.05) is 23.7 Å². The van der Waals surface area contributed by atoms with E-state index in [2.05, 4.69) is 22.2 Å². The van der Waals surface area contributed by atoms with Crippen molar-refractivity contribution in [3.8, 4) is 0 Å². The fraction of sp³-hybridized carbons (Fsp3) is 0.500. The summed E-state index contributed by atoms with van der Waals surface area (Å²) in [4.78, 5) is 16.6. The Kier molecular flexibility index (Phi) is 5.19. The van der Waals surface area contributed by atoms with E-state index >= 15 is 0 Å². The molecule has 0 radical (unpaired) electrons. The van der Waals surface area contributed by atoms with Gasteiger partial charge in [0.2, 0.25) is 0 Å². The summed E-state index contributed by atoms with van der Waals surface area (Å²) in [6.45, 7) is 5.88. The van der Waals surface area contributed by atoms with E-state index in [-0.39, 0.29) is 5.91 Å². The molecule has 0 aliphatic carbocycles. The lowest BCUT2D eigenvalue weighted by atomic mass is 10.2. The van der Waals surface area contributed by atoms with Crippen molar-refractivity contribution < 1.29 is 4.79 Å². The quantitative estimate of drug-likeness (QED) is 0.904. The van der Waals surface area contributed by atoms with Crippen LogP contribution in [0.2, 0.25) is 5.02 Å². The number of rotatable bonds is 4. The summed E-state index contributed by atoms with van der Waals surface area (Å²) in [5.41, 5.74) is 0.544. The van der Waals surface area contributed by atoms with Gasteiger partial charge in [-0.15, -0.1) is 0 Å². The van der Waals surface area contributed by atoms with Crippen molar-refractivity contribution in [1.29, 1.82) is 0 Å². The molecule has 1 saturated heterocycles. The van der Waals surface area contributed by atoms with Crippen LogP contribution in [0.4, 0.5) is 0 Å². The van der Waals surface area contributed by atoms with Crippen molar-refractivity contribution in [1.82, 2.24) is 15.1 Å². The summed E-state index contributed by atoms with van der Waals surface area (Å²) in [6.07, 6.45) is 0. The molecule has 1 N–H and O–H groups in total. The minimum Gasteiger partial charge on any atom is -0.351 e. The molecular formula is C14H20ClN3O. The number of nitrogens with zero attached hydrogens (tertiary/aromatic N) is 2. The van der Waals surface area contributed by atoms with Crippen LogP contribution in [0.1, 0.15) is 10.4 Å². The number of carbonyl (C=O) groups is 1. The molecule has 1 aliphatic heterocycles. The minimum absolute atomic E-state index is 0.0975. The molecule has 19 heavy (non-hydrogen) atoms. The third kappa shape index (κ3) is 4.20. The van der Waals surface area contributed by atoms with E-state index in [1.807, 2.05) is 12.1 Å². The second kappa shape index (κ2) is 6.89. The maximum Gasteiger partial charge on any atom is 0.252 e. The molecule has 1 amide bonds. The van der Waals surface area contributed by atoms with E-state index in [4.69, 9.17) is 11.6 Å². The second-order valence-corrected chi connectivity index (χ2v) is 5.29. The molecule has 2 rings (SSSR count). The van der Waals surface area contributed by atoms with Crippen LogP contribution in [-0.2, 0) is 0 Å². The molecular weight excluding hydrogens is 262 g/mol. The zero-order chi connectivity index (χ0) is 13.7. The van der Waals surface area contributed by atoms with Gasteiger partial charge in [-0.25, -0.2) is 0 Å². The molecule has 104 valence electrons. The van der Waals surface area contributed by atoms with E-state index in [1.165, 1.54) is 0 Å². The number of hydrogen-bond donors (Lipinski definition) is 1. The van der Waals surface area contributed by atoms with Gasteiger partial charge in [-0.2, -0.15) is 0 Å². The van der Waals surface area contributed by atoms with Crippen molar-refractivity contribution >= 4 is 17.5 Å². The van der Waals surface area contributed by atoms with Crippen molar-refractivity contribution in [2.45, 2.75) is 0 Å². The molecule has 1 aromatic rings. The standard InChI is InChI=1S/C14H20ClN3O/c1-17-8-10-18(11-9-17)7-6-16-14(19)12-4-2-3-5-13(12)15/h2-5H,6-11H2,1H3,(H,16,19). The van der Waals surface area contributed by atoms with Crippen molar-refractivity contribution in [3.05, 3.63) is 34.9 Å². The van der Waals surface area contributed by atoms with Crippen LogP contribution in [-0.4, -0.2) is 62.0 Å². The fourth-order valence-corrected chi connectivity index (χ4v) is 2.36. The molecule has 5 heteroatoms. The normalized spacial score (nSPS) is 17.4. The summed E-state index contributed by atoms with van der Waals surface area (Å²) < 4.78 is 0. The van der Waals surface area contributed by atoms with Crippen LogP contribution >= 0.6 is 11.6 Å². The van der Waals surface area contributed by atoms with E-state index in [9.17, 15) is 4.79 Å². The first kappa shape index (κ1) is 14.3. The summed E-state index contributed by atoms with van der Waals surface area (Å²) in [6, 6.07) is 7.12. The maximum absolute atomic E-state index is 11.9. The number of benzene rings is 1. The molecule has 4 nitrogen and oxygen atoms in total. The van der Waals surface area contributed by atoms with Crippen LogP contribution in [0.25, 0.3) is 0 Å². The van der Waals surface area contributed by atoms with E-state index in [0.717, 1.165) is 32.7 Å². The second-order valence-electron chi connectivity index (χ2n) is 4.88. The number of piperazine rings is 1. The van der Waals surface area contributed by atoms with E-state index < -0.39 is 0 Å². The number of amides is 1. The first-order valence-corrected chi connectivity index (χ1v) is 6.98. The average molecular weight is 282 g/mol. The van der Waals surface area contributed by atoms with Crippen molar-refractivity contribution in [2.75, 3.05) is 46.3 Å². The van der Waals surface area contributed by atoms with Crippen LogP contribution in [0.5, 0.6) is 0 Å². The molecule has 1 fully saturated rings. The van der Waals surface area contributed by atoms with Crippen molar-refractivity contribution in [2.24, 2.45) is 0 Å². The molecule has 1 aliphatic rings. The predicted octanol–water partition coefficient (Wildman–Crippen LogP) is 1.32. The molecule has 1 heterocycles. The van der Waals surface area contributed by atoms with Crippen LogP contribution < -0.4 is 5.32 Å². The number of hydrogen-bond acceptors (Lipinski definition) is 3.